The molecule has 0 radical (unpaired) electrons. The van der Waals surface area contributed by atoms with Gasteiger partial charge in [-0.1, -0.05) is 6.07 Å². The molecule has 0 spiro atoms. The van der Waals surface area contributed by atoms with Gasteiger partial charge in [-0.15, -0.1) is 11.3 Å². The lowest BCUT2D eigenvalue weighted by Gasteiger charge is -2.32. The average molecular weight is 308 g/mol. The number of thiophene rings is 1. The molecule has 1 atom stereocenters. The Morgan fingerprint density at radius 1 is 1.48 bits per heavy atom. The Morgan fingerprint density at radius 2 is 2.29 bits per heavy atom. The van der Waals surface area contributed by atoms with Crippen molar-refractivity contribution in [1.29, 1.82) is 0 Å². The minimum atomic E-state index is -0.0492. The minimum absolute atomic E-state index is 0.0492. The minimum Gasteiger partial charge on any atom is -0.354 e. The summed E-state index contributed by atoms with van der Waals surface area (Å²) in [4.78, 5) is 27.5. The number of amides is 2. The zero-order valence-electron chi connectivity index (χ0n) is 12.8. The Kier molecular flexibility index (Phi) is 5.79. The van der Waals surface area contributed by atoms with E-state index < -0.39 is 0 Å². The zero-order valence-corrected chi connectivity index (χ0v) is 13.6. The first kappa shape index (κ1) is 16.0. The van der Waals surface area contributed by atoms with Crippen LogP contribution < -0.4 is 5.32 Å². The van der Waals surface area contributed by atoms with Crippen LogP contribution in [0.1, 0.15) is 38.0 Å². The van der Waals surface area contributed by atoms with Crippen molar-refractivity contribution in [3.05, 3.63) is 22.4 Å². The highest BCUT2D eigenvalue weighted by Gasteiger charge is 2.28. The molecule has 1 fully saturated rings. The molecule has 1 aliphatic heterocycles. The summed E-state index contributed by atoms with van der Waals surface area (Å²) in [5, 5.41) is 4.99. The molecule has 116 valence electrons. The third-order valence-electron chi connectivity index (χ3n) is 3.74. The van der Waals surface area contributed by atoms with E-state index in [-0.39, 0.29) is 23.8 Å². The molecule has 2 amide bonds. The normalized spacial score (nSPS) is 18.8. The first-order valence-corrected chi connectivity index (χ1v) is 8.54. The summed E-state index contributed by atoms with van der Waals surface area (Å²) in [7, 11) is 0. The summed E-state index contributed by atoms with van der Waals surface area (Å²) in [5.74, 6) is 0.207. The van der Waals surface area contributed by atoms with Crippen molar-refractivity contribution in [3.8, 4) is 0 Å². The molecule has 5 heteroatoms. The quantitative estimate of drug-likeness (QED) is 0.908. The third kappa shape index (κ3) is 4.84. The molecule has 0 unspecified atom stereocenters. The topological polar surface area (TPSA) is 49.4 Å². The van der Waals surface area contributed by atoms with Gasteiger partial charge in [-0.05, 0) is 44.6 Å². The van der Waals surface area contributed by atoms with E-state index in [1.54, 1.807) is 11.3 Å². The molecular weight excluding hydrogens is 284 g/mol. The van der Waals surface area contributed by atoms with Crippen molar-refractivity contribution in [2.24, 2.45) is 5.92 Å². The van der Waals surface area contributed by atoms with Gasteiger partial charge in [0.15, 0.2) is 0 Å². The predicted octanol–water partition coefficient (Wildman–Crippen LogP) is 2.44. The molecule has 0 aromatic carbocycles. The van der Waals surface area contributed by atoms with E-state index in [9.17, 15) is 9.59 Å². The lowest BCUT2D eigenvalue weighted by atomic mass is 9.96. The lowest BCUT2D eigenvalue weighted by Crippen LogP contribution is -2.46. The Labute approximate surface area is 130 Å². The van der Waals surface area contributed by atoms with Gasteiger partial charge in [0.1, 0.15) is 0 Å². The first-order valence-electron chi connectivity index (χ1n) is 7.67. The number of hydrogen-bond donors (Lipinski definition) is 1. The third-order valence-corrected chi connectivity index (χ3v) is 4.68. The van der Waals surface area contributed by atoms with Crippen molar-refractivity contribution in [1.82, 2.24) is 10.2 Å². The molecule has 4 nitrogen and oxygen atoms in total. The smallest absolute Gasteiger partial charge is 0.225 e. The molecule has 1 N–H and O–H groups in total. The summed E-state index contributed by atoms with van der Waals surface area (Å²) < 4.78 is 0. The van der Waals surface area contributed by atoms with Crippen molar-refractivity contribution < 1.29 is 9.59 Å². The highest BCUT2D eigenvalue weighted by Crippen LogP contribution is 2.19. The molecule has 0 bridgehead atoms. The number of nitrogens with zero attached hydrogens (tertiary/aromatic N) is 1. The van der Waals surface area contributed by atoms with Crippen LogP contribution in [0, 0.1) is 5.92 Å². The number of aryl methyl sites for hydroxylation is 1. The first-order chi connectivity index (χ1) is 10.1. The number of likely N-dealkylation sites (tertiary alicyclic amines) is 1. The number of nitrogens with one attached hydrogen (secondary N) is 1. The standard InChI is InChI=1S/C16H24N2O2S/c1-12(2)17-16(20)13-5-3-9-18(11-13)15(19)8-7-14-6-4-10-21-14/h4,6,10,12-13H,3,5,7-9,11H2,1-2H3,(H,17,20)/t13-/m1/s1. The fourth-order valence-electron chi connectivity index (χ4n) is 2.66. The summed E-state index contributed by atoms with van der Waals surface area (Å²) in [6, 6.07) is 4.23. The maximum atomic E-state index is 12.3. The molecular formula is C16H24N2O2S. The second-order valence-corrected chi connectivity index (χ2v) is 6.95. The van der Waals surface area contributed by atoms with Gasteiger partial charge < -0.3 is 10.2 Å². The van der Waals surface area contributed by atoms with Gasteiger partial charge in [-0.25, -0.2) is 0 Å². The van der Waals surface area contributed by atoms with Gasteiger partial charge in [-0.3, -0.25) is 9.59 Å². The maximum absolute atomic E-state index is 12.3. The van der Waals surface area contributed by atoms with E-state index >= 15 is 0 Å². The summed E-state index contributed by atoms with van der Waals surface area (Å²) >= 11 is 1.69. The summed E-state index contributed by atoms with van der Waals surface area (Å²) in [5.41, 5.74) is 0. The van der Waals surface area contributed by atoms with E-state index in [0.717, 1.165) is 25.8 Å². The fourth-order valence-corrected chi connectivity index (χ4v) is 3.37. The van der Waals surface area contributed by atoms with Gasteiger partial charge in [0.05, 0.1) is 5.92 Å². The van der Waals surface area contributed by atoms with E-state index in [1.165, 1.54) is 4.88 Å². The monoisotopic (exact) mass is 308 g/mol. The van der Waals surface area contributed by atoms with Crippen molar-refractivity contribution in [3.63, 3.8) is 0 Å². The Morgan fingerprint density at radius 3 is 2.95 bits per heavy atom. The zero-order chi connectivity index (χ0) is 15.2. The highest BCUT2D eigenvalue weighted by molar-refractivity contribution is 7.09. The molecule has 1 aromatic heterocycles. The Hall–Kier alpha value is -1.36. The lowest BCUT2D eigenvalue weighted by molar-refractivity contribution is -0.135. The number of hydrogen-bond acceptors (Lipinski definition) is 3. The van der Waals surface area contributed by atoms with E-state index in [0.29, 0.717) is 13.0 Å². The average Bonchev–Trinajstić information content (AvgIpc) is 2.97. The van der Waals surface area contributed by atoms with Gasteiger partial charge in [0.2, 0.25) is 11.8 Å². The molecule has 2 heterocycles. The second kappa shape index (κ2) is 7.59. The van der Waals surface area contributed by atoms with Gasteiger partial charge >= 0.3 is 0 Å². The molecule has 21 heavy (non-hydrogen) atoms. The predicted molar refractivity (Wildman–Crippen MR) is 85.2 cm³/mol. The Bertz CT molecular complexity index is 471. The molecule has 2 rings (SSSR count). The number of rotatable bonds is 5. The molecule has 1 aromatic rings. The van der Waals surface area contributed by atoms with Crippen LogP contribution in [-0.2, 0) is 16.0 Å². The van der Waals surface area contributed by atoms with Crippen LogP contribution in [0.4, 0.5) is 0 Å². The number of piperidine rings is 1. The van der Waals surface area contributed by atoms with E-state index in [2.05, 4.69) is 11.4 Å². The van der Waals surface area contributed by atoms with Crippen molar-refractivity contribution in [2.45, 2.75) is 45.6 Å². The largest absolute Gasteiger partial charge is 0.354 e. The fraction of sp³-hybridized carbons (Fsp3) is 0.625. The molecule has 0 aliphatic carbocycles. The van der Waals surface area contributed by atoms with Gasteiger partial charge in [-0.2, -0.15) is 0 Å². The molecule has 1 aliphatic rings. The van der Waals surface area contributed by atoms with Gasteiger partial charge in [0.25, 0.3) is 0 Å². The summed E-state index contributed by atoms with van der Waals surface area (Å²) in [6.45, 7) is 5.28. The number of carbonyl (C=O) groups excluding carboxylic acids is 2. The molecule has 1 saturated heterocycles. The van der Waals surface area contributed by atoms with Crippen LogP contribution >= 0.6 is 11.3 Å². The van der Waals surface area contributed by atoms with E-state index in [1.807, 2.05) is 30.2 Å². The number of carbonyl (C=O) groups is 2. The van der Waals surface area contributed by atoms with Crippen LogP contribution in [0.15, 0.2) is 17.5 Å². The van der Waals surface area contributed by atoms with Crippen molar-refractivity contribution >= 4 is 23.2 Å². The van der Waals surface area contributed by atoms with Crippen LogP contribution in [0.25, 0.3) is 0 Å². The summed E-state index contributed by atoms with van der Waals surface area (Å²) in [6.07, 6.45) is 3.14. The van der Waals surface area contributed by atoms with Crippen LogP contribution in [-0.4, -0.2) is 35.8 Å². The van der Waals surface area contributed by atoms with E-state index in [4.69, 9.17) is 0 Å². The van der Waals surface area contributed by atoms with Crippen molar-refractivity contribution in [2.75, 3.05) is 13.1 Å². The van der Waals surface area contributed by atoms with Gasteiger partial charge in [0, 0.05) is 30.4 Å². The van der Waals surface area contributed by atoms with Crippen LogP contribution in [0.3, 0.4) is 0 Å². The Balaban J connectivity index is 1.82. The molecule has 0 saturated carbocycles. The SMILES string of the molecule is CC(C)NC(=O)[C@@H]1CCCN(C(=O)CCc2cccs2)C1. The van der Waals surface area contributed by atoms with Crippen LogP contribution in [0.2, 0.25) is 0 Å². The maximum Gasteiger partial charge on any atom is 0.225 e. The second-order valence-electron chi connectivity index (χ2n) is 5.92. The van der Waals surface area contributed by atoms with Crippen LogP contribution in [0.5, 0.6) is 0 Å². The highest BCUT2D eigenvalue weighted by atomic mass is 32.1.